The molecular formula is C34H40O8S. The first-order valence-corrected chi connectivity index (χ1v) is 15.7. The lowest BCUT2D eigenvalue weighted by atomic mass is 10.2. The minimum atomic E-state index is -0.476. The van der Waals surface area contributed by atoms with Crippen molar-refractivity contribution in [2.75, 3.05) is 32.9 Å². The van der Waals surface area contributed by atoms with E-state index < -0.39 is 11.9 Å². The van der Waals surface area contributed by atoms with Crippen molar-refractivity contribution in [3.05, 3.63) is 84.9 Å². The van der Waals surface area contributed by atoms with Crippen molar-refractivity contribution in [3.63, 3.8) is 0 Å². The van der Waals surface area contributed by atoms with E-state index in [-0.39, 0.29) is 6.79 Å². The van der Waals surface area contributed by atoms with Crippen LogP contribution in [0.2, 0.25) is 0 Å². The van der Waals surface area contributed by atoms with Crippen LogP contribution < -0.4 is 23.7 Å². The van der Waals surface area contributed by atoms with E-state index in [1.807, 2.05) is 30.5 Å². The van der Waals surface area contributed by atoms with Crippen molar-refractivity contribution >= 4 is 23.7 Å². The van der Waals surface area contributed by atoms with E-state index in [2.05, 4.69) is 13.5 Å². The SMILES string of the molecule is C=CC(=O)OCCCCOc1ccc(C(=O)Oc2ccc(OCOc3ccc(OCCCCCC)cc3)cc2SC)cc1. The molecule has 0 saturated carbocycles. The molecule has 0 bridgehead atoms. The van der Waals surface area contributed by atoms with Gasteiger partial charge in [0.25, 0.3) is 0 Å². The lowest BCUT2D eigenvalue weighted by Crippen LogP contribution is -2.10. The fraction of sp³-hybridized carbons (Fsp3) is 0.353. The van der Waals surface area contributed by atoms with Crippen LogP contribution in [-0.2, 0) is 9.53 Å². The maximum absolute atomic E-state index is 12.8. The Morgan fingerprint density at radius 2 is 1.28 bits per heavy atom. The van der Waals surface area contributed by atoms with Gasteiger partial charge in [0.1, 0.15) is 28.7 Å². The van der Waals surface area contributed by atoms with Crippen molar-refractivity contribution in [2.24, 2.45) is 0 Å². The fourth-order valence-corrected chi connectivity index (χ4v) is 4.36. The fourth-order valence-electron chi connectivity index (χ4n) is 3.81. The van der Waals surface area contributed by atoms with Gasteiger partial charge >= 0.3 is 11.9 Å². The highest BCUT2D eigenvalue weighted by Gasteiger charge is 2.13. The minimum absolute atomic E-state index is 0.0291. The maximum atomic E-state index is 12.8. The third-order valence-electron chi connectivity index (χ3n) is 6.19. The minimum Gasteiger partial charge on any atom is -0.494 e. The Morgan fingerprint density at radius 3 is 1.91 bits per heavy atom. The Hall–Kier alpha value is -4.11. The number of hydrogen-bond acceptors (Lipinski definition) is 9. The topological polar surface area (TPSA) is 89.5 Å². The van der Waals surface area contributed by atoms with E-state index in [1.165, 1.54) is 31.0 Å². The van der Waals surface area contributed by atoms with Gasteiger partial charge < -0.3 is 28.4 Å². The highest BCUT2D eigenvalue weighted by atomic mass is 32.2. The Bertz CT molecular complexity index is 1270. The third-order valence-corrected chi connectivity index (χ3v) is 6.95. The Balaban J connectivity index is 1.41. The Kier molecular flexibility index (Phi) is 14.9. The molecule has 230 valence electrons. The summed E-state index contributed by atoms with van der Waals surface area (Å²) in [4.78, 5) is 24.5. The van der Waals surface area contributed by atoms with Crippen LogP contribution in [0.5, 0.6) is 28.7 Å². The van der Waals surface area contributed by atoms with Gasteiger partial charge in [0.15, 0.2) is 0 Å². The molecule has 0 amide bonds. The second-order valence-electron chi connectivity index (χ2n) is 9.44. The molecule has 0 heterocycles. The first-order valence-electron chi connectivity index (χ1n) is 14.4. The molecule has 9 heteroatoms. The van der Waals surface area contributed by atoms with Crippen LogP contribution in [0, 0.1) is 0 Å². The molecule has 8 nitrogen and oxygen atoms in total. The summed E-state index contributed by atoms with van der Waals surface area (Å²) < 4.78 is 33.5. The predicted molar refractivity (Wildman–Crippen MR) is 168 cm³/mol. The van der Waals surface area contributed by atoms with Gasteiger partial charge in [-0.3, -0.25) is 0 Å². The van der Waals surface area contributed by atoms with Gasteiger partial charge in [0, 0.05) is 6.08 Å². The van der Waals surface area contributed by atoms with Gasteiger partial charge in [0.2, 0.25) is 6.79 Å². The summed E-state index contributed by atoms with van der Waals surface area (Å²) in [7, 11) is 0. The maximum Gasteiger partial charge on any atom is 0.343 e. The van der Waals surface area contributed by atoms with Crippen LogP contribution >= 0.6 is 11.8 Å². The van der Waals surface area contributed by atoms with Gasteiger partial charge in [0.05, 0.1) is 30.3 Å². The van der Waals surface area contributed by atoms with Crippen LogP contribution in [0.4, 0.5) is 0 Å². The molecular weight excluding hydrogens is 568 g/mol. The lowest BCUT2D eigenvalue weighted by Gasteiger charge is -2.13. The number of carbonyl (C=O) groups is 2. The molecule has 0 saturated heterocycles. The first-order chi connectivity index (χ1) is 21.0. The Morgan fingerprint density at radius 1 is 0.721 bits per heavy atom. The van der Waals surface area contributed by atoms with E-state index in [4.69, 9.17) is 28.4 Å². The molecule has 3 aromatic carbocycles. The van der Waals surface area contributed by atoms with E-state index >= 15 is 0 Å². The second kappa shape index (κ2) is 19.2. The van der Waals surface area contributed by atoms with Crippen molar-refractivity contribution in [2.45, 2.75) is 50.3 Å². The quantitative estimate of drug-likeness (QED) is 0.0317. The van der Waals surface area contributed by atoms with Gasteiger partial charge in [-0.1, -0.05) is 32.8 Å². The average Bonchev–Trinajstić information content (AvgIpc) is 3.04. The van der Waals surface area contributed by atoms with Gasteiger partial charge in [-0.2, -0.15) is 0 Å². The van der Waals surface area contributed by atoms with E-state index in [1.54, 1.807) is 42.5 Å². The molecule has 0 aliphatic heterocycles. The average molecular weight is 609 g/mol. The normalized spacial score (nSPS) is 10.5. The smallest absolute Gasteiger partial charge is 0.343 e. The molecule has 0 aliphatic carbocycles. The Labute approximate surface area is 258 Å². The molecule has 0 unspecified atom stereocenters. The summed E-state index contributed by atoms with van der Waals surface area (Å²) in [5, 5.41) is 0. The highest BCUT2D eigenvalue weighted by molar-refractivity contribution is 7.98. The second-order valence-corrected chi connectivity index (χ2v) is 10.3. The number of carbonyl (C=O) groups excluding carboxylic acids is 2. The van der Waals surface area contributed by atoms with Crippen LogP contribution in [0.25, 0.3) is 0 Å². The zero-order valence-electron chi connectivity index (χ0n) is 24.9. The molecule has 0 atom stereocenters. The summed E-state index contributed by atoms with van der Waals surface area (Å²) in [5.41, 5.74) is 0.400. The molecule has 0 N–H and O–H groups in total. The molecule has 0 aliphatic rings. The number of benzene rings is 3. The molecule has 0 radical (unpaired) electrons. The zero-order chi connectivity index (χ0) is 30.7. The van der Waals surface area contributed by atoms with Crippen LogP contribution in [0.1, 0.15) is 55.8 Å². The van der Waals surface area contributed by atoms with E-state index in [0.29, 0.717) is 54.8 Å². The summed E-state index contributed by atoms with van der Waals surface area (Å²) in [6, 6.07) is 19.5. The van der Waals surface area contributed by atoms with Crippen molar-refractivity contribution in [1.29, 1.82) is 0 Å². The van der Waals surface area contributed by atoms with Crippen molar-refractivity contribution < 1.29 is 38.0 Å². The molecule has 3 aromatic rings. The van der Waals surface area contributed by atoms with Crippen LogP contribution in [0.3, 0.4) is 0 Å². The molecule has 0 aromatic heterocycles. The first kappa shape index (κ1) is 33.4. The number of ether oxygens (including phenoxy) is 6. The number of thioether (sulfide) groups is 1. The molecule has 3 rings (SSSR count). The van der Waals surface area contributed by atoms with Crippen molar-refractivity contribution in [3.8, 4) is 28.7 Å². The number of hydrogen-bond donors (Lipinski definition) is 0. The standard InChI is InChI=1S/C34H40O8S/c1-4-6-7-8-21-37-28-15-17-29(18-16-28)40-25-41-30-19-20-31(32(24-30)43-3)42-34(36)26-11-13-27(14-12-26)38-22-9-10-23-39-33(35)5-2/h5,11-20,24H,2,4,6-10,21-23,25H2,1,3H3. The van der Waals surface area contributed by atoms with E-state index in [9.17, 15) is 9.59 Å². The van der Waals surface area contributed by atoms with Crippen molar-refractivity contribution in [1.82, 2.24) is 0 Å². The predicted octanol–water partition coefficient (Wildman–Crippen LogP) is 7.89. The van der Waals surface area contributed by atoms with Crippen LogP contribution in [0.15, 0.2) is 84.3 Å². The summed E-state index contributed by atoms with van der Waals surface area (Å²) in [6.45, 7) is 7.08. The molecule has 0 spiro atoms. The van der Waals surface area contributed by atoms with E-state index in [0.717, 1.165) is 29.6 Å². The van der Waals surface area contributed by atoms with Gasteiger partial charge in [-0.15, -0.1) is 11.8 Å². The monoisotopic (exact) mass is 608 g/mol. The summed E-state index contributed by atoms with van der Waals surface area (Å²) in [5.74, 6) is 2.26. The number of unbranched alkanes of at least 4 members (excludes halogenated alkanes) is 4. The third kappa shape index (κ3) is 12.3. The number of rotatable bonds is 20. The number of esters is 2. The van der Waals surface area contributed by atoms with Gasteiger partial charge in [-0.25, -0.2) is 9.59 Å². The summed E-state index contributed by atoms with van der Waals surface area (Å²) >= 11 is 1.44. The zero-order valence-corrected chi connectivity index (χ0v) is 25.7. The van der Waals surface area contributed by atoms with Crippen LogP contribution in [-0.4, -0.2) is 44.8 Å². The molecule has 0 fully saturated rings. The molecule has 43 heavy (non-hydrogen) atoms. The lowest BCUT2D eigenvalue weighted by molar-refractivity contribution is -0.137. The van der Waals surface area contributed by atoms with Gasteiger partial charge in [-0.05, 0) is 92.2 Å². The largest absolute Gasteiger partial charge is 0.494 e. The highest BCUT2D eigenvalue weighted by Crippen LogP contribution is 2.32. The summed E-state index contributed by atoms with van der Waals surface area (Å²) in [6.07, 6.45) is 9.12.